The number of likely N-dealkylation sites (tertiary alicyclic amines) is 1. The maximum Gasteiger partial charge on any atom is 0.192 e. The Hall–Kier alpha value is -1.63. The average Bonchev–Trinajstić information content (AvgIpc) is 2.79. The molecule has 0 aromatic heterocycles. The van der Waals surface area contributed by atoms with Crippen LogP contribution in [0.2, 0.25) is 0 Å². The van der Waals surface area contributed by atoms with Crippen LogP contribution >= 0.6 is 0 Å². The van der Waals surface area contributed by atoms with E-state index in [-0.39, 0.29) is 54.6 Å². The van der Waals surface area contributed by atoms with Crippen LogP contribution in [0.25, 0.3) is 0 Å². The lowest BCUT2D eigenvalue weighted by molar-refractivity contribution is 0.0655. The van der Waals surface area contributed by atoms with Crippen LogP contribution in [0.3, 0.4) is 0 Å². The van der Waals surface area contributed by atoms with E-state index in [9.17, 15) is 20.1 Å². The van der Waals surface area contributed by atoms with E-state index in [4.69, 9.17) is 4.74 Å². The van der Waals surface area contributed by atoms with Crippen LogP contribution in [0.15, 0.2) is 6.07 Å². The van der Waals surface area contributed by atoms with Gasteiger partial charge in [0.25, 0.3) is 0 Å². The van der Waals surface area contributed by atoms with Crippen LogP contribution in [-0.2, 0) is 11.3 Å². The van der Waals surface area contributed by atoms with Crippen molar-refractivity contribution in [3.63, 3.8) is 0 Å². The number of fused-ring (bicyclic) bond motifs is 1. The third kappa shape index (κ3) is 2.19. The zero-order valence-corrected chi connectivity index (χ0v) is 11.9. The summed E-state index contributed by atoms with van der Waals surface area (Å²) in [5.74, 6) is -0.597. The highest BCUT2D eigenvalue weighted by molar-refractivity contribution is 6.02. The summed E-state index contributed by atoms with van der Waals surface area (Å²) in [4.78, 5) is 14.0. The minimum atomic E-state index is -0.276. The summed E-state index contributed by atoms with van der Waals surface area (Å²) in [6.45, 7) is 0.917. The Bertz CT molecular complexity index is 586. The van der Waals surface area contributed by atoms with Crippen LogP contribution in [0.4, 0.5) is 0 Å². The van der Waals surface area contributed by atoms with Crippen molar-refractivity contribution in [2.45, 2.75) is 25.0 Å². The molecule has 2 unspecified atom stereocenters. The summed E-state index contributed by atoms with van der Waals surface area (Å²) in [6.07, 6.45) is 0.778. The Labute approximate surface area is 122 Å². The first-order chi connectivity index (χ1) is 10.0. The predicted octanol–water partition coefficient (Wildman–Crippen LogP) is 0.591. The van der Waals surface area contributed by atoms with E-state index in [1.165, 1.54) is 6.07 Å². The van der Waals surface area contributed by atoms with Gasteiger partial charge in [0.1, 0.15) is 18.1 Å². The topological polar surface area (TPSA) is 90.2 Å². The van der Waals surface area contributed by atoms with Crippen molar-refractivity contribution in [1.29, 1.82) is 0 Å². The summed E-state index contributed by atoms with van der Waals surface area (Å²) in [5, 5.41) is 29.8. The lowest BCUT2D eigenvalue weighted by Gasteiger charge is -2.28. The Morgan fingerprint density at radius 1 is 1.33 bits per heavy atom. The van der Waals surface area contributed by atoms with Gasteiger partial charge in [0, 0.05) is 23.6 Å². The molecule has 6 heteroatoms. The minimum absolute atomic E-state index is 0.0228. The Morgan fingerprint density at radius 2 is 2.10 bits per heavy atom. The first-order valence-corrected chi connectivity index (χ1v) is 7.04. The number of hydrogen-bond acceptors (Lipinski definition) is 6. The molecule has 0 bridgehead atoms. The van der Waals surface area contributed by atoms with Gasteiger partial charge in [-0.2, -0.15) is 0 Å². The number of hydrogen-bond donors (Lipinski definition) is 3. The third-order valence-corrected chi connectivity index (χ3v) is 4.57. The van der Waals surface area contributed by atoms with Gasteiger partial charge >= 0.3 is 0 Å². The van der Waals surface area contributed by atoms with Gasteiger partial charge < -0.3 is 25.0 Å². The highest BCUT2D eigenvalue weighted by Crippen LogP contribution is 2.44. The lowest BCUT2D eigenvalue weighted by atomic mass is 9.84. The van der Waals surface area contributed by atoms with Crippen LogP contribution in [0.5, 0.6) is 11.5 Å². The molecule has 2 heterocycles. The number of ether oxygens (including phenoxy) is 1. The molecule has 0 aliphatic carbocycles. The van der Waals surface area contributed by atoms with Crippen LogP contribution in [-0.4, -0.2) is 58.9 Å². The molecule has 2 atom stereocenters. The maximum absolute atomic E-state index is 12.0. The summed E-state index contributed by atoms with van der Waals surface area (Å²) in [5.41, 5.74) is 1.43. The zero-order valence-electron chi connectivity index (χ0n) is 11.9. The molecule has 3 rings (SSSR count). The highest BCUT2D eigenvalue weighted by atomic mass is 16.5. The number of Topliss-reactive ketones (excluding diaryl/α,β-unsaturated/α-hetero) is 1. The number of carbonyl (C=O) groups excluding carboxylic acids is 1. The molecule has 0 amide bonds. The lowest BCUT2D eigenvalue weighted by Crippen LogP contribution is -2.32. The van der Waals surface area contributed by atoms with Gasteiger partial charge in [-0.3, -0.25) is 4.79 Å². The summed E-state index contributed by atoms with van der Waals surface area (Å²) in [6, 6.07) is 1.12. The van der Waals surface area contributed by atoms with Gasteiger partial charge in [0.2, 0.25) is 0 Å². The van der Waals surface area contributed by atoms with Crippen molar-refractivity contribution in [2.75, 3.05) is 26.8 Å². The Kier molecular flexibility index (Phi) is 3.61. The van der Waals surface area contributed by atoms with E-state index in [1.54, 1.807) is 0 Å². The van der Waals surface area contributed by atoms with E-state index in [1.807, 2.05) is 11.9 Å². The fraction of sp³-hybridized carbons (Fsp3) is 0.533. The highest BCUT2D eigenvalue weighted by Gasteiger charge is 2.38. The second-order valence-electron chi connectivity index (χ2n) is 5.72. The number of likely N-dealkylation sites (N-methyl/N-ethyl adjacent to an activating group) is 1. The second-order valence-corrected chi connectivity index (χ2v) is 5.72. The van der Waals surface area contributed by atoms with Crippen LogP contribution < -0.4 is 0 Å². The van der Waals surface area contributed by atoms with E-state index < -0.39 is 0 Å². The molecule has 2 aliphatic rings. The molecular weight excluding hydrogens is 274 g/mol. The fourth-order valence-corrected chi connectivity index (χ4v) is 3.53. The second kappa shape index (κ2) is 5.29. The smallest absolute Gasteiger partial charge is 0.192 e. The van der Waals surface area contributed by atoms with Crippen molar-refractivity contribution in [3.05, 3.63) is 22.8 Å². The number of aromatic hydroxyl groups is 2. The van der Waals surface area contributed by atoms with Gasteiger partial charge in [-0.25, -0.2) is 0 Å². The number of benzene rings is 1. The number of phenolic OH excluding ortho intramolecular Hbond substituents is 2. The van der Waals surface area contributed by atoms with E-state index in [0.717, 1.165) is 13.0 Å². The van der Waals surface area contributed by atoms with E-state index in [2.05, 4.69) is 0 Å². The van der Waals surface area contributed by atoms with Crippen molar-refractivity contribution < 1.29 is 24.9 Å². The summed E-state index contributed by atoms with van der Waals surface area (Å²) >= 11 is 0. The van der Waals surface area contributed by atoms with Crippen LogP contribution in [0.1, 0.15) is 33.8 Å². The molecule has 0 radical (unpaired) electrons. The van der Waals surface area contributed by atoms with Gasteiger partial charge in [0.05, 0.1) is 18.8 Å². The standard InChI is InChI=1S/C15H19NO5/c1-16-3-2-8(10(16)5-17)14-9-6-21-7-13(20)15(9)12(19)4-11(14)18/h4,8,10,17-19H,2-3,5-7H2,1H3. The van der Waals surface area contributed by atoms with Crippen molar-refractivity contribution in [1.82, 2.24) is 4.90 Å². The Morgan fingerprint density at radius 3 is 2.81 bits per heavy atom. The average molecular weight is 293 g/mol. The van der Waals surface area contributed by atoms with Crippen LogP contribution in [0, 0.1) is 0 Å². The van der Waals surface area contributed by atoms with Gasteiger partial charge in [-0.05, 0) is 25.6 Å². The fourth-order valence-electron chi connectivity index (χ4n) is 3.53. The summed E-state index contributed by atoms with van der Waals surface area (Å²) in [7, 11) is 1.92. The summed E-state index contributed by atoms with van der Waals surface area (Å²) < 4.78 is 5.27. The first-order valence-electron chi connectivity index (χ1n) is 7.04. The molecule has 3 N–H and O–H groups in total. The molecule has 0 spiro atoms. The molecule has 0 saturated carbocycles. The predicted molar refractivity (Wildman–Crippen MR) is 74.6 cm³/mol. The quantitative estimate of drug-likeness (QED) is 0.739. The minimum Gasteiger partial charge on any atom is -0.508 e. The monoisotopic (exact) mass is 293 g/mol. The molecule has 1 fully saturated rings. The number of nitrogens with zero attached hydrogens (tertiary/aromatic N) is 1. The van der Waals surface area contributed by atoms with Crippen molar-refractivity contribution in [3.8, 4) is 11.5 Å². The molecule has 1 aromatic carbocycles. The number of carbonyl (C=O) groups is 1. The van der Waals surface area contributed by atoms with Gasteiger partial charge in [-0.1, -0.05) is 0 Å². The van der Waals surface area contributed by atoms with Gasteiger partial charge in [0.15, 0.2) is 5.78 Å². The molecule has 21 heavy (non-hydrogen) atoms. The molecule has 114 valence electrons. The largest absolute Gasteiger partial charge is 0.508 e. The third-order valence-electron chi connectivity index (χ3n) is 4.57. The first kappa shape index (κ1) is 14.3. The van der Waals surface area contributed by atoms with Crippen molar-refractivity contribution >= 4 is 5.78 Å². The maximum atomic E-state index is 12.0. The molecular formula is C15H19NO5. The number of aliphatic hydroxyl groups is 1. The SMILES string of the molecule is CN1CCC(c2c(O)cc(O)c3c2COCC3=O)C1CO. The van der Waals surface area contributed by atoms with E-state index >= 15 is 0 Å². The molecule has 6 nitrogen and oxygen atoms in total. The Balaban J connectivity index is 2.15. The van der Waals surface area contributed by atoms with Crippen molar-refractivity contribution in [2.24, 2.45) is 0 Å². The molecule has 1 aromatic rings. The number of ketones is 1. The number of aliphatic hydroxyl groups excluding tert-OH is 1. The molecule has 2 aliphatic heterocycles. The van der Waals surface area contributed by atoms with E-state index in [0.29, 0.717) is 11.1 Å². The number of rotatable bonds is 2. The normalized spacial score (nSPS) is 26.1. The van der Waals surface area contributed by atoms with Gasteiger partial charge in [-0.15, -0.1) is 0 Å². The molecule has 1 saturated heterocycles. The number of phenols is 2. The zero-order chi connectivity index (χ0) is 15.1.